The number of fused-ring (bicyclic) bond motifs is 2. The van der Waals surface area contributed by atoms with Crippen LogP contribution in [0.4, 0.5) is 8.78 Å². The van der Waals surface area contributed by atoms with Crippen molar-refractivity contribution in [2.45, 2.75) is 56.4 Å². The second-order valence-corrected chi connectivity index (χ2v) is 6.25. The Morgan fingerprint density at radius 3 is 2.29 bits per heavy atom. The molecule has 2 aliphatic rings. The van der Waals surface area contributed by atoms with E-state index >= 15 is 0 Å². The van der Waals surface area contributed by atoms with E-state index in [9.17, 15) is 13.9 Å². The second kappa shape index (κ2) is 5.54. The van der Waals surface area contributed by atoms with E-state index in [0.29, 0.717) is 24.9 Å². The Balaban J connectivity index is 1.79. The van der Waals surface area contributed by atoms with Crippen molar-refractivity contribution in [3.8, 4) is 5.75 Å². The molecule has 2 aliphatic heterocycles. The summed E-state index contributed by atoms with van der Waals surface area (Å²) < 4.78 is 28.7. The summed E-state index contributed by atoms with van der Waals surface area (Å²) in [5.74, 6) is 0.130. The summed E-state index contributed by atoms with van der Waals surface area (Å²) in [7, 11) is 2.13. The van der Waals surface area contributed by atoms with Gasteiger partial charge in [-0.15, -0.1) is 0 Å². The largest absolute Gasteiger partial charge is 0.435 e. The zero-order valence-electron chi connectivity index (χ0n) is 12.1. The van der Waals surface area contributed by atoms with E-state index in [1.807, 2.05) is 0 Å². The lowest BCUT2D eigenvalue weighted by atomic mass is 9.73. The minimum Gasteiger partial charge on any atom is -0.435 e. The van der Waals surface area contributed by atoms with E-state index in [1.165, 1.54) is 18.6 Å². The molecule has 2 fully saturated rings. The van der Waals surface area contributed by atoms with E-state index < -0.39 is 12.2 Å². The highest BCUT2D eigenvalue weighted by Crippen LogP contribution is 2.43. The first-order valence-corrected chi connectivity index (χ1v) is 7.47. The standard InChI is InChI=1S/C16H21F2NO2/c1-19-12-3-2-4-13(19)10-16(20,9-12)11-5-7-14(8-6-11)21-15(17)18/h5-8,12-13,15,20H,2-4,9-10H2,1H3. The molecule has 1 N–H and O–H groups in total. The van der Waals surface area contributed by atoms with Crippen LogP contribution in [-0.2, 0) is 5.60 Å². The van der Waals surface area contributed by atoms with Gasteiger partial charge in [-0.3, -0.25) is 0 Å². The third-order valence-corrected chi connectivity index (χ3v) is 4.99. The molecular formula is C16H21F2NO2. The second-order valence-electron chi connectivity index (χ2n) is 6.25. The van der Waals surface area contributed by atoms with Gasteiger partial charge in [0.2, 0.25) is 0 Å². The van der Waals surface area contributed by atoms with E-state index in [4.69, 9.17) is 0 Å². The number of nitrogens with zero attached hydrogens (tertiary/aromatic N) is 1. The minimum atomic E-state index is -2.82. The highest BCUT2D eigenvalue weighted by molar-refractivity contribution is 5.32. The molecule has 2 bridgehead atoms. The van der Waals surface area contributed by atoms with Crippen LogP contribution in [0.3, 0.4) is 0 Å². The first-order chi connectivity index (χ1) is 9.98. The lowest BCUT2D eigenvalue weighted by Gasteiger charge is -2.50. The van der Waals surface area contributed by atoms with Crippen molar-refractivity contribution in [1.82, 2.24) is 4.90 Å². The van der Waals surface area contributed by atoms with Crippen LogP contribution in [0.15, 0.2) is 24.3 Å². The quantitative estimate of drug-likeness (QED) is 0.930. The fourth-order valence-corrected chi connectivity index (χ4v) is 3.83. The molecule has 0 aromatic heterocycles. The zero-order valence-corrected chi connectivity index (χ0v) is 12.1. The summed E-state index contributed by atoms with van der Waals surface area (Å²) in [6, 6.07) is 7.23. The van der Waals surface area contributed by atoms with Crippen LogP contribution in [0.2, 0.25) is 0 Å². The molecule has 2 heterocycles. The molecule has 0 spiro atoms. The molecule has 0 aliphatic carbocycles. The number of rotatable bonds is 3. The van der Waals surface area contributed by atoms with Gasteiger partial charge in [-0.2, -0.15) is 8.78 Å². The number of benzene rings is 1. The van der Waals surface area contributed by atoms with E-state index in [0.717, 1.165) is 18.4 Å². The van der Waals surface area contributed by atoms with Gasteiger partial charge in [-0.05, 0) is 50.4 Å². The Kier molecular flexibility index (Phi) is 3.88. The normalized spacial score (nSPS) is 33.2. The fraction of sp³-hybridized carbons (Fsp3) is 0.625. The summed E-state index contributed by atoms with van der Waals surface area (Å²) in [5, 5.41) is 11.0. The van der Waals surface area contributed by atoms with Crippen LogP contribution in [0.1, 0.15) is 37.7 Å². The Morgan fingerprint density at radius 1 is 1.19 bits per heavy atom. The highest BCUT2D eigenvalue weighted by Gasteiger charge is 2.44. The third kappa shape index (κ3) is 2.90. The number of aliphatic hydroxyl groups is 1. The van der Waals surface area contributed by atoms with Gasteiger partial charge in [0.15, 0.2) is 0 Å². The van der Waals surface area contributed by atoms with Crippen molar-refractivity contribution in [2.24, 2.45) is 0 Å². The van der Waals surface area contributed by atoms with Crippen LogP contribution in [0, 0.1) is 0 Å². The van der Waals surface area contributed by atoms with Gasteiger partial charge in [0.25, 0.3) is 0 Å². The fourth-order valence-electron chi connectivity index (χ4n) is 3.83. The summed E-state index contributed by atoms with van der Waals surface area (Å²) in [6.07, 6.45) is 4.85. The summed E-state index contributed by atoms with van der Waals surface area (Å²) in [4.78, 5) is 2.38. The van der Waals surface area contributed by atoms with E-state index in [-0.39, 0.29) is 5.75 Å². The first kappa shape index (κ1) is 14.7. The maximum atomic E-state index is 12.2. The number of ether oxygens (including phenoxy) is 1. The summed E-state index contributed by atoms with van der Waals surface area (Å²) in [5.41, 5.74) is -0.0554. The van der Waals surface area contributed by atoms with E-state index in [1.54, 1.807) is 12.1 Å². The Labute approximate surface area is 123 Å². The topological polar surface area (TPSA) is 32.7 Å². The van der Waals surface area contributed by atoms with Gasteiger partial charge in [0, 0.05) is 12.1 Å². The molecule has 1 aromatic rings. The average molecular weight is 297 g/mol. The van der Waals surface area contributed by atoms with Crippen LogP contribution in [-0.4, -0.2) is 35.7 Å². The maximum Gasteiger partial charge on any atom is 0.387 e. The van der Waals surface area contributed by atoms with Gasteiger partial charge in [0.1, 0.15) is 5.75 Å². The average Bonchev–Trinajstić information content (AvgIpc) is 2.41. The SMILES string of the molecule is CN1C2CCCC1CC(O)(c1ccc(OC(F)F)cc1)C2. The van der Waals surface area contributed by atoms with Crippen LogP contribution < -0.4 is 4.74 Å². The molecule has 0 saturated carbocycles. The van der Waals surface area contributed by atoms with Gasteiger partial charge < -0.3 is 14.7 Å². The van der Waals surface area contributed by atoms with Gasteiger partial charge in [-0.25, -0.2) is 0 Å². The maximum absolute atomic E-state index is 12.2. The molecule has 0 radical (unpaired) electrons. The lowest BCUT2D eigenvalue weighted by Crippen LogP contribution is -2.55. The third-order valence-electron chi connectivity index (χ3n) is 4.99. The van der Waals surface area contributed by atoms with Crippen molar-refractivity contribution < 1.29 is 18.6 Å². The van der Waals surface area contributed by atoms with Crippen LogP contribution in [0.5, 0.6) is 5.75 Å². The summed E-state index contributed by atoms with van der Waals surface area (Å²) in [6.45, 7) is -2.82. The molecule has 5 heteroatoms. The molecule has 3 rings (SSSR count). The zero-order chi connectivity index (χ0) is 15.0. The molecule has 3 nitrogen and oxygen atoms in total. The number of piperidine rings is 2. The lowest BCUT2D eigenvalue weighted by molar-refractivity contribution is -0.0875. The van der Waals surface area contributed by atoms with Crippen molar-refractivity contribution in [1.29, 1.82) is 0 Å². The first-order valence-electron chi connectivity index (χ1n) is 7.47. The van der Waals surface area contributed by atoms with Crippen LogP contribution >= 0.6 is 0 Å². The van der Waals surface area contributed by atoms with Gasteiger partial charge >= 0.3 is 6.61 Å². The molecule has 21 heavy (non-hydrogen) atoms. The molecule has 1 aromatic carbocycles. The van der Waals surface area contributed by atoms with Gasteiger partial charge in [-0.1, -0.05) is 18.6 Å². The number of halogens is 2. The molecule has 116 valence electrons. The molecule has 2 atom stereocenters. The summed E-state index contributed by atoms with van der Waals surface area (Å²) >= 11 is 0. The number of hydrogen-bond acceptors (Lipinski definition) is 3. The number of hydrogen-bond donors (Lipinski definition) is 1. The van der Waals surface area contributed by atoms with Crippen molar-refractivity contribution in [2.75, 3.05) is 7.05 Å². The van der Waals surface area contributed by atoms with Crippen molar-refractivity contribution >= 4 is 0 Å². The monoisotopic (exact) mass is 297 g/mol. The Bertz CT molecular complexity index is 478. The predicted molar refractivity (Wildman–Crippen MR) is 75.4 cm³/mol. The number of alkyl halides is 2. The highest BCUT2D eigenvalue weighted by atomic mass is 19.3. The Morgan fingerprint density at radius 2 is 1.76 bits per heavy atom. The minimum absolute atomic E-state index is 0.130. The van der Waals surface area contributed by atoms with Crippen molar-refractivity contribution in [3.05, 3.63) is 29.8 Å². The molecule has 2 unspecified atom stereocenters. The molecule has 0 amide bonds. The van der Waals surface area contributed by atoms with Crippen LogP contribution in [0.25, 0.3) is 0 Å². The smallest absolute Gasteiger partial charge is 0.387 e. The predicted octanol–water partition coefficient (Wildman–Crippen LogP) is 3.12. The van der Waals surface area contributed by atoms with Gasteiger partial charge in [0.05, 0.1) is 5.60 Å². The molecular weight excluding hydrogens is 276 g/mol. The molecule has 2 saturated heterocycles. The van der Waals surface area contributed by atoms with E-state index in [2.05, 4.69) is 16.7 Å². The Hall–Kier alpha value is -1.20. The van der Waals surface area contributed by atoms with Crippen molar-refractivity contribution in [3.63, 3.8) is 0 Å².